The molecule has 0 aliphatic heterocycles. The Kier molecular flexibility index (Phi) is 11.4. The summed E-state index contributed by atoms with van der Waals surface area (Å²) in [6.45, 7) is 3.84. The number of rotatable bonds is 9. The van der Waals surface area contributed by atoms with Crippen LogP contribution in [0.2, 0.25) is 5.02 Å². The summed E-state index contributed by atoms with van der Waals surface area (Å²) < 4.78 is 5.32. The minimum atomic E-state index is -0.504. The molecule has 152 valence electrons. The zero-order valence-electron chi connectivity index (χ0n) is 15.8. The van der Waals surface area contributed by atoms with Gasteiger partial charge in [-0.1, -0.05) is 41.9 Å². The van der Waals surface area contributed by atoms with Gasteiger partial charge in [0.25, 0.3) is 5.91 Å². The Labute approximate surface area is 187 Å². The predicted octanol–water partition coefficient (Wildman–Crippen LogP) is 3.12. The van der Waals surface area contributed by atoms with E-state index in [1.165, 1.54) is 0 Å². The molecule has 2 aromatic carbocycles. The summed E-state index contributed by atoms with van der Waals surface area (Å²) in [6.07, 6.45) is 0.806. The van der Waals surface area contributed by atoms with Gasteiger partial charge in [0, 0.05) is 18.1 Å². The number of amides is 1. The molecule has 0 aromatic heterocycles. The van der Waals surface area contributed by atoms with Gasteiger partial charge in [0.1, 0.15) is 5.75 Å². The van der Waals surface area contributed by atoms with E-state index in [-0.39, 0.29) is 30.6 Å². The third kappa shape index (κ3) is 8.79. The lowest BCUT2D eigenvalue weighted by Gasteiger charge is -2.12. The van der Waals surface area contributed by atoms with Crippen LogP contribution in [0.3, 0.4) is 0 Å². The summed E-state index contributed by atoms with van der Waals surface area (Å²) in [5.41, 5.74) is 7.17. The Hall–Kier alpha value is -2.00. The SMILES string of the molecule is CCNC(=NCc1cccc(OCC(N)=O)c1)NCCc1ccccc1Cl.I. The van der Waals surface area contributed by atoms with Gasteiger partial charge in [-0.2, -0.15) is 0 Å². The number of nitrogens with zero attached hydrogens (tertiary/aromatic N) is 1. The average molecular weight is 517 g/mol. The molecule has 0 radical (unpaired) electrons. The van der Waals surface area contributed by atoms with Crippen LogP contribution in [0.25, 0.3) is 0 Å². The van der Waals surface area contributed by atoms with Crippen molar-refractivity contribution in [3.8, 4) is 5.75 Å². The number of nitrogens with one attached hydrogen (secondary N) is 2. The van der Waals surface area contributed by atoms with Crippen LogP contribution < -0.4 is 21.1 Å². The number of benzene rings is 2. The summed E-state index contributed by atoms with van der Waals surface area (Å²) in [4.78, 5) is 15.4. The third-order valence-corrected chi connectivity index (χ3v) is 4.06. The van der Waals surface area contributed by atoms with Crippen LogP contribution in [0.4, 0.5) is 0 Å². The Morgan fingerprint density at radius 1 is 1.18 bits per heavy atom. The van der Waals surface area contributed by atoms with E-state index in [1.807, 2.05) is 49.4 Å². The predicted molar refractivity (Wildman–Crippen MR) is 125 cm³/mol. The molecule has 0 aliphatic carbocycles. The van der Waals surface area contributed by atoms with Gasteiger partial charge in [-0.15, -0.1) is 24.0 Å². The average Bonchev–Trinajstić information content (AvgIpc) is 2.66. The quantitative estimate of drug-likeness (QED) is 0.271. The van der Waals surface area contributed by atoms with E-state index in [9.17, 15) is 4.79 Å². The number of nitrogens with two attached hydrogens (primary N) is 1. The van der Waals surface area contributed by atoms with Crippen molar-refractivity contribution >= 4 is 47.4 Å². The molecule has 0 fully saturated rings. The summed E-state index contributed by atoms with van der Waals surface area (Å²) in [5.74, 6) is 0.821. The normalized spacial score (nSPS) is 10.7. The van der Waals surface area contributed by atoms with Crippen LogP contribution in [0.5, 0.6) is 5.75 Å². The lowest BCUT2D eigenvalue weighted by Crippen LogP contribution is -2.38. The molecule has 6 nitrogen and oxygen atoms in total. The first-order valence-corrected chi connectivity index (χ1v) is 9.22. The van der Waals surface area contributed by atoms with Crippen molar-refractivity contribution in [3.05, 3.63) is 64.7 Å². The molecule has 0 spiro atoms. The number of hydrogen-bond acceptors (Lipinski definition) is 3. The summed E-state index contributed by atoms with van der Waals surface area (Å²) in [6, 6.07) is 15.3. The number of hydrogen-bond donors (Lipinski definition) is 3. The molecule has 2 aromatic rings. The lowest BCUT2D eigenvalue weighted by atomic mass is 10.1. The van der Waals surface area contributed by atoms with Crippen molar-refractivity contribution in [3.63, 3.8) is 0 Å². The zero-order chi connectivity index (χ0) is 19.5. The molecule has 2 rings (SSSR count). The zero-order valence-corrected chi connectivity index (χ0v) is 18.9. The maximum absolute atomic E-state index is 10.8. The first-order valence-electron chi connectivity index (χ1n) is 8.84. The van der Waals surface area contributed by atoms with E-state index in [0.717, 1.165) is 41.6 Å². The van der Waals surface area contributed by atoms with Crippen LogP contribution in [0, 0.1) is 0 Å². The van der Waals surface area contributed by atoms with E-state index in [2.05, 4.69) is 15.6 Å². The molecule has 0 unspecified atom stereocenters. The van der Waals surface area contributed by atoms with Gasteiger partial charge < -0.3 is 21.1 Å². The molecule has 0 atom stereocenters. The highest BCUT2D eigenvalue weighted by Crippen LogP contribution is 2.15. The molecule has 0 saturated heterocycles. The second-order valence-electron chi connectivity index (χ2n) is 5.87. The fourth-order valence-electron chi connectivity index (χ4n) is 2.42. The number of aliphatic imine (C=N–C) groups is 1. The van der Waals surface area contributed by atoms with Crippen molar-refractivity contribution < 1.29 is 9.53 Å². The highest BCUT2D eigenvalue weighted by molar-refractivity contribution is 14.0. The number of carbonyl (C=O) groups is 1. The molecule has 0 heterocycles. The highest BCUT2D eigenvalue weighted by atomic mass is 127. The fourth-order valence-corrected chi connectivity index (χ4v) is 2.65. The van der Waals surface area contributed by atoms with E-state index < -0.39 is 5.91 Å². The fraction of sp³-hybridized carbons (Fsp3) is 0.300. The lowest BCUT2D eigenvalue weighted by molar-refractivity contribution is -0.119. The van der Waals surface area contributed by atoms with E-state index >= 15 is 0 Å². The molecule has 4 N–H and O–H groups in total. The molecule has 28 heavy (non-hydrogen) atoms. The number of carbonyl (C=O) groups excluding carboxylic acids is 1. The van der Waals surface area contributed by atoms with Crippen LogP contribution in [-0.2, 0) is 17.8 Å². The number of guanidine groups is 1. The summed E-state index contributed by atoms with van der Waals surface area (Å²) in [7, 11) is 0. The topological polar surface area (TPSA) is 88.7 Å². The van der Waals surface area contributed by atoms with Crippen LogP contribution in [0.1, 0.15) is 18.1 Å². The van der Waals surface area contributed by atoms with Gasteiger partial charge in [-0.25, -0.2) is 4.99 Å². The summed E-state index contributed by atoms with van der Waals surface area (Å²) >= 11 is 6.19. The van der Waals surface area contributed by atoms with Crippen molar-refractivity contribution in [2.24, 2.45) is 10.7 Å². The maximum Gasteiger partial charge on any atom is 0.255 e. The largest absolute Gasteiger partial charge is 0.484 e. The maximum atomic E-state index is 10.8. The molecule has 0 bridgehead atoms. The van der Waals surface area contributed by atoms with Crippen LogP contribution >= 0.6 is 35.6 Å². The first-order chi connectivity index (χ1) is 13.1. The third-order valence-electron chi connectivity index (χ3n) is 3.69. The molecule has 0 aliphatic rings. The second kappa shape index (κ2) is 13.2. The standard InChI is InChI=1S/C20H25ClN4O2.HI/c1-2-23-20(24-11-10-16-7-3-4-9-18(16)21)25-13-15-6-5-8-17(12-15)27-14-19(22)26;/h3-9,12H,2,10-11,13-14H2,1H3,(H2,22,26)(H2,23,24,25);1H. The van der Waals surface area contributed by atoms with E-state index in [0.29, 0.717) is 12.3 Å². The summed E-state index contributed by atoms with van der Waals surface area (Å²) in [5, 5.41) is 7.30. The highest BCUT2D eigenvalue weighted by Gasteiger charge is 2.02. The molecule has 0 saturated carbocycles. The minimum Gasteiger partial charge on any atom is -0.484 e. The van der Waals surface area contributed by atoms with Crippen molar-refractivity contribution in [2.75, 3.05) is 19.7 Å². The van der Waals surface area contributed by atoms with Crippen molar-refractivity contribution in [1.82, 2.24) is 10.6 Å². The van der Waals surface area contributed by atoms with E-state index in [1.54, 1.807) is 6.07 Å². The monoisotopic (exact) mass is 516 g/mol. The van der Waals surface area contributed by atoms with E-state index in [4.69, 9.17) is 22.1 Å². The van der Waals surface area contributed by atoms with Gasteiger partial charge in [0.15, 0.2) is 12.6 Å². The molecular weight excluding hydrogens is 491 g/mol. The first kappa shape index (κ1) is 24.0. The number of ether oxygens (including phenoxy) is 1. The van der Waals surface area contributed by atoms with Gasteiger partial charge >= 0.3 is 0 Å². The smallest absolute Gasteiger partial charge is 0.255 e. The second-order valence-corrected chi connectivity index (χ2v) is 6.27. The Morgan fingerprint density at radius 2 is 1.96 bits per heavy atom. The van der Waals surface area contributed by atoms with Gasteiger partial charge in [0.2, 0.25) is 0 Å². The number of halogens is 2. The number of primary amides is 1. The van der Waals surface area contributed by atoms with Gasteiger partial charge in [-0.05, 0) is 42.7 Å². The molecule has 8 heteroatoms. The van der Waals surface area contributed by atoms with Crippen molar-refractivity contribution in [2.45, 2.75) is 19.9 Å². The van der Waals surface area contributed by atoms with Crippen LogP contribution in [-0.4, -0.2) is 31.6 Å². The Bertz CT molecular complexity index is 786. The van der Waals surface area contributed by atoms with Gasteiger partial charge in [0.05, 0.1) is 6.54 Å². The van der Waals surface area contributed by atoms with Crippen LogP contribution in [0.15, 0.2) is 53.5 Å². The molecule has 1 amide bonds. The van der Waals surface area contributed by atoms with Crippen molar-refractivity contribution in [1.29, 1.82) is 0 Å². The minimum absolute atomic E-state index is 0. The Balaban J connectivity index is 0.00000392. The molecular formula is C20H26ClIN4O2. The van der Waals surface area contributed by atoms with Gasteiger partial charge in [-0.3, -0.25) is 4.79 Å². The Morgan fingerprint density at radius 3 is 2.68 bits per heavy atom.